The quantitative estimate of drug-likeness (QED) is 0.517. The molecule has 7 heteroatoms. The van der Waals surface area contributed by atoms with Gasteiger partial charge in [0.25, 0.3) is 0 Å². The first-order chi connectivity index (χ1) is 13.9. The van der Waals surface area contributed by atoms with Crippen LogP contribution in [0.1, 0.15) is 16.7 Å². The molecule has 148 valence electrons. The Labute approximate surface area is 165 Å². The number of benzene rings is 2. The van der Waals surface area contributed by atoms with E-state index in [1.165, 1.54) is 23.8 Å². The third-order valence-electron chi connectivity index (χ3n) is 5.08. The lowest BCUT2D eigenvalue weighted by Gasteiger charge is -2.12. The molecule has 0 spiro atoms. The SMILES string of the molecule is COC(=O)Cc1c2cc(Cc3ccc(F)cc3)cnc2c(O)c2c(O)n(C)cc12. The lowest BCUT2D eigenvalue weighted by molar-refractivity contribution is -0.139. The highest BCUT2D eigenvalue weighted by molar-refractivity contribution is 6.10. The van der Waals surface area contributed by atoms with Crippen molar-refractivity contribution in [1.29, 1.82) is 0 Å². The summed E-state index contributed by atoms with van der Waals surface area (Å²) in [4.78, 5) is 16.4. The van der Waals surface area contributed by atoms with Crippen LogP contribution in [0.25, 0.3) is 21.7 Å². The summed E-state index contributed by atoms with van der Waals surface area (Å²) < 4.78 is 19.5. The number of aryl methyl sites for hydroxylation is 1. The van der Waals surface area contributed by atoms with Crippen molar-refractivity contribution in [3.05, 3.63) is 65.2 Å². The van der Waals surface area contributed by atoms with Crippen LogP contribution in [0.4, 0.5) is 4.39 Å². The van der Waals surface area contributed by atoms with Gasteiger partial charge in [0.2, 0.25) is 5.88 Å². The second-order valence-electron chi connectivity index (χ2n) is 6.98. The molecule has 0 saturated heterocycles. The lowest BCUT2D eigenvalue weighted by Crippen LogP contribution is -2.06. The number of aromatic hydroxyl groups is 2. The Morgan fingerprint density at radius 1 is 1.17 bits per heavy atom. The fourth-order valence-corrected chi connectivity index (χ4v) is 3.61. The van der Waals surface area contributed by atoms with Crippen LogP contribution in [0.2, 0.25) is 0 Å². The predicted octanol–water partition coefficient (Wildman–Crippen LogP) is 3.58. The Balaban J connectivity index is 1.93. The molecule has 0 unspecified atom stereocenters. The highest BCUT2D eigenvalue weighted by Gasteiger charge is 2.22. The van der Waals surface area contributed by atoms with Gasteiger partial charge < -0.3 is 19.5 Å². The minimum absolute atomic E-state index is 0.0328. The second kappa shape index (κ2) is 7.09. The van der Waals surface area contributed by atoms with Crippen LogP contribution in [-0.4, -0.2) is 32.8 Å². The predicted molar refractivity (Wildman–Crippen MR) is 106 cm³/mol. The smallest absolute Gasteiger partial charge is 0.310 e. The van der Waals surface area contributed by atoms with Crippen LogP contribution in [0, 0.1) is 5.82 Å². The Kier molecular flexibility index (Phi) is 4.58. The molecule has 2 aromatic carbocycles. The minimum Gasteiger partial charge on any atom is -0.505 e. The summed E-state index contributed by atoms with van der Waals surface area (Å²) in [6.45, 7) is 0. The fourth-order valence-electron chi connectivity index (χ4n) is 3.61. The van der Waals surface area contributed by atoms with Gasteiger partial charge in [-0.05, 0) is 41.3 Å². The maximum atomic E-state index is 13.2. The topological polar surface area (TPSA) is 84.6 Å². The number of carbonyl (C=O) groups is 1. The van der Waals surface area contributed by atoms with Gasteiger partial charge in [0, 0.05) is 30.2 Å². The van der Waals surface area contributed by atoms with Crippen molar-refractivity contribution in [3.63, 3.8) is 0 Å². The number of carbonyl (C=O) groups excluding carboxylic acids is 1. The summed E-state index contributed by atoms with van der Waals surface area (Å²) in [6, 6.07) is 8.05. The van der Waals surface area contributed by atoms with Crippen LogP contribution in [0.15, 0.2) is 42.7 Å². The molecule has 2 aromatic heterocycles. The normalized spacial score (nSPS) is 11.3. The van der Waals surface area contributed by atoms with Crippen molar-refractivity contribution >= 4 is 27.6 Å². The molecule has 0 aliphatic carbocycles. The molecule has 0 aliphatic heterocycles. The maximum Gasteiger partial charge on any atom is 0.310 e. The second-order valence-corrected chi connectivity index (χ2v) is 6.98. The first-order valence-electron chi connectivity index (χ1n) is 9.00. The number of methoxy groups -OCH3 is 1. The Morgan fingerprint density at radius 3 is 2.59 bits per heavy atom. The van der Waals surface area contributed by atoms with Crippen LogP contribution in [0.5, 0.6) is 11.6 Å². The Bertz CT molecular complexity index is 1250. The minimum atomic E-state index is -0.439. The Hall–Kier alpha value is -3.61. The van der Waals surface area contributed by atoms with Gasteiger partial charge in [0.1, 0.15) is 11.3 Å². The number of halogens is 1. The summed E-state index contributed by atoms with van der Waals surface area (Å²) in [5.74, 6) is -0.995. The number of nitrogens with zero attached hydrogens (tertiary/aromatic N) is 2. The zero-order valence-electron chi connectivity index (χ0n) is 15.9. The van der Waals surface area contributed by atoms with Gasteiger partial charge in [0.05, 0.1) is 18.9 Å². The van der Waals surface area contributed by atoms with E-state index in [-0.39, 0.29) is 29.3 Å². The van der Waals surface area contributed by atoms with Crippen molar-refractivity contribution in [2.75, 3.05) is 7.11 Å². The van der Waals surface area contributed by atoms with Crippen molar-refractivity contribution in [2.24, 2.45) is 7.05 Å². The van der Waals surface area contributed by atoms with E-state index in [0.717, 1.165) is 11.1 Å². The molecule has 2 N–H and O–H groups in total. The van der Waals surface area contributed by atoms with Crippen molar-refractivity contribution < 1.29 is 24.1 Å². The maximum absolute atomic E-state index is 13.2. The lowest BCUT2D eigenvalue weighted by atomic mass is 9.96. The summed E-state index contributed by atoms with van der Waals surface area (Å²) in [6.07, 6.45) is 3.77. The van der Waals surface area contributed by atoms with Gasteiger partial charge in [0.15, 0.2) is 5.75 Å². The number of rotatable bonds is 4. The molecular formula is C22H19FN2O4. The van der Waals surface area contributed by atoms with E-state index in [9.17, 15) is 19.4 Å². The van der Waals surface area contributed by atoms with Crippen LogP contribution >= 0.6 is 0 Å². The van der Waals surface area contributed by atoms with Crippen LogP contribution in [0.3, 0.4) is 0 Å². The van der Waals surface area contributed by atoms with E-state index in [0.29, 0.717) is 28.3 Å². The van der Waals surface area contributed by atoms with Crippen molar-refractivity contribution in [1.82, 2.24) is 9.55 Å². The number of esters is 1. The average molecular weight is 394 g/mol. The molecule has 29 heavy (non-hydrogen) atoms. The molecule has 0 aliphatic rings. The van der Waals surface area contributed by atoms with Gasteiger partial charge in [-0.25, -0.2) is 4.39 Å². The van der Waals surface area contributed by atoms with Gasteiger partial charge in [-0.3, -0.25) is 9.78 Å². The molecule has 0 atom stereocenters. The highest BCUT2D eigenvalue weighted by Crippen LogP contribution is 2.42. The van der Waals surface area contributed by atoms with E-state index in [4.69, 9.17) is 4.74 Å². The van der Waals surface area contributed by atoms with Gasteiger partial charge in [-0.2, -0.15) is 0 Å². The van der Waals surface area contributed by atoms with Crippen LogP contribution < -0.4 is 0 Å². The van der Waals surface area contributed by atoms with Gasteiger partial charge in [-0.15, -0.1) is 0 Å². The van der Waals surface area contributed by atoms with E-state index >= 15 is 0 Å². The number of hydrogen-bond donors (Lipinski definition) is 2. The molecule has 2 heterocycles. The number of hydrogen-bond acceptors (Lipinski definition) is 5. The molecule has 0 saturated carbocycles. The van der Waals surface area contributed by atoms with E-state index < -0.39 is 5.97 Å². The number of ether oxygens (including phenoxy) is 1. The molecular weight excluding hydrogens is 375 g/mol. The summed E-state index contributed by atoms with van der Waals surface area (Å²) in [5.41, 5.74) is 2.66. The largest absolute Gasteiger partial charge is 0.505 e. The number of phenolic OH excluding ortho intramolecular Hbond substituents is 1. The van der Waals surface area contributed by atoms with Gasteiger partial charge >= 0.3 is 5.97 Å². The molecule has 4 rings (SSSR count). The summed E-state index contributed by atoms with van der Waals surface area (Å²) in [7, 11) is 2.96. The molecule has 0 amide bonds. The van der Waals surface area contributed by atoms with Crippen molar-refractivity contribution in [3.8, 4) is 11.6 Å². The number of pyridine rings is 1. The molecule has 0 fully saturated rings. The standard InChI is InChI=1S/C22H19FN2O4/c1-25-11-17-15(9-18(26)29-2)16-8-13(7-12-3-5-14(23)6-4-12)10-24-20(16)21(27)19(17)22(25)28/h3-6,8,10-11,27-28H,7,9H2,1-2H3. The van der Waals surface area contributed by atoms with E-state index in [1.54, 1.807) is 31.6 Å². The number of fused-ring (bicyclic) bond motifs is 2. The van der Waals surface area contributed by atoms with Gasteiger partial charge in [-0.1, -0.05) is 12.1 Å². The Morgan fingerprint density at radius 2 is 1.90 bits per heavy atom. The fraction of sp³-hybridized carbons (Fsp3) is 0.182. The highest BCUT2D eigenvalue weighted by atomic mass is 19.1. The third-order valence-corrected chi connectivity index (χ3v) is 5.08. The molecule has 0 radical (unpaired) electrons. The van der Waals surface area contributed by atoms with E-state index in [2.05, 4.69) is 4.98 Å². The zero-order valence-corrected chi connectivity index (χ0v) is 15.9. The van der Waals surface area contributed by atoms with Crippen molar-refractivity contribution in [2.45, 2.75) is 12.8 Å². The molecule has 6 nitrogen and oxygen atoms in total. The number of aromatic nitrogens is 2. The monoisotopic (exact) mass is 394 g/mol. The summed E-state index contributed by atoms with van der Waals surface area (Å²) in [5, 5.41) is 22.5. The first kappa shape index (κ1) is 18.7. The summed E-state index contributed by atoms with van der Waals surface area (Å²) >= 11 is 0. The van der Waals surface area contributed by atoms with E-state index in [1.807, 2.05) is 6.07 Å². The first-order valence-corrected chi connectivity index (χ1v) is 9.00. The molecule has 4 aromatic rings. The average Bonchev–Trinajstić information content (AvgIpc) is 3.01. The van der Waals surface area contributed by atoms with Crippen LogP contribution in [-0.2, 0) is 29.4 Å². The number of phenols is 1. The molecule has 0 bridgehead atoms. The third kappa shape index (κ3) is 3.24. The zero-order chi connectivity index (χ0) is 20.7.